The molecule has 2 rings (SSSR count). The summed E-state index contributed by atoms with van der Waals surface area (Å²) in [6, 6.07) is 10.9. The zero-order valence-corrected chi connectivity index (χ0v) is 15.7. The van der Waals surface area contributed by atoms with Gasteiger partial charge in [0.05, 0.1) is 12.0 Å². The highest BCUT2D eigenvalue weighted by molar-refractivity contribution is 14.1. The molecule has 0 saturated heterocycles. The van der Waals surface area contributed by atoms with Gasteiger partial charge in [0.2, 0.25) is 11.8 Å². The Hall–Kier alpha value is -2.10. The fraction of sp³-hybridized carbons (Fsp3) is 0.222. The van der Waals surface area contributed by atoms with E-state index in [1.54, 1.807) is 0 Å². The Morgan fingerprint density at radius 1 is 1.08 bits per heavy atom. The quantitative estimate of drug-likeness (QED) is 0.630. The predicted octanol–water partition coefficient (Wildman–Crippen LogP) is 3.07. The zero-order chi connectivity index (χ0) is 19.3. The summed E-state index contributed by atoms with van der Waals surface area (Å²) in [6.07, 6.45) is -4.55. The van der Waals surface area contributed by atoms with Gasteiger partial charge >= 0.3 is 6.18 Å². The van der Waals surface area contributed by atoms with Crippen molar-refractivity contribution >= 4 is 34.4 Å². The molecular formula is C18H16F3IN2O2. The van der Waals surface area contributed by atoms with Crippen molar-refractivity contribution in [2.24, 2.45) is 5.73 Å². The fourth-order valence-electron chi connectivity index (χ4n) is 2.37. The maximum Gasteiger partial charge on any atom is 0.416 e. The molecule has 0 aliphatic rings. The number of alkyl halides is 3. The Labute approximate surface area is 162 Å². The van der Waals surface area contributed by atoms with Crippen LogP contribution in [0.1, 0.15) is 16.7 Å². The lowest BCUT2D eigenvalue weighted by Crippen LogP contribution is -2.46. The van der Waals surface area contributed by atoms with Crippen molar-refractivity contribution in [1.82, 2.24) is 5.32 Å². The smallest absolute Gasteiger partial charge is 0.368 e. The first kappa shape index (κ1) is 20.2. The summed E-state index contributed by atoms with van der Waals surface area (Å²) in [5.41, 5.74) is 5.52. The second kappa shape index (κ2) is 8.52. The zero-order valence-electron chi connectivity index (χ0n) is 13.5. The number of hydrogen-bond donors (Lipinski definition) is 2. The average Bonchev–Trinajstić information content (AvgIpc) is 2.55. The minimum absolute atomic E-state index is 0.204. The summed E-state index contributed by atoms with van der Waals surface area (Å²) < 4.78 is 39.2. The molecule has 0 spiro atoms. The summed E-state index contributed by atoms with van der Waals surface area (Å²) >= 11 is 2.14. The third-order valence-electron chi connectivity index (χ3n) is 3.65. The monoisotopic (exact) mass is 476 g/mol. The molecule has 0 aromatic heterocycles. The van der Waals surface area contributed by atoms with Crippen LogP contribution in [0, 0.1) is 3.57 Å². The molecule has 2 aromatic carbocycles. The van der Waals surface area contributed by atoms with E-state index in [0.717, 1.165) is 21.3 Å². The third kappa shape index (κ3) is 6.01. The van der Waals surface area contributed by atoms with Crippen LogP contribution in [-0.2, 0) is 28.6 Å². The van der Waals surface area contributed by atoms with Crippen LogP contribution in [0.25, 0.3) is 0 Å². The molecule has 3 N–H and O–H groups in total. The van der Waals surface area contributed by atoms with Gasteiger partial charge in [0.15, 0.2) is 0 Å². The van der Waals surface area contributed by atoms with E-state index in [1.807, 2.05) is 24.3 Å². The van der Waals surface area contributed by atoms with Crippen molar-refractivity contribution in [2.75, 3.05) is 0 Å². The van der Waals surface area contributed by atoms with Crippen molar-refractivity contribution in [2.45, 2.75) is 25.1 Å². The number of nitrogens with two attached hydrogens (primary N) is 1. The van der Waals surface area contributed by atoms with Gasteiger partial charge in [-0.3, -0.25) is 9.59 Å². The number of halogens is 4. The molecule has 0 aliphatic heterocycles. The van der Waals surface area contributed by atoms with Gasteiger partial charge in [-0.05, 0) is 51.9 Å². The van der Waals surface area contributed by atoms with Crippen molar-refractivity contribution < 1.29 is 22.8 Å². The highest BCUT2D eigenvalue weighted by Crippen LogP contribution is 2.29. The number of hydrogen-bond acceptors (Lipinski definition) is 2. The standard InChI is InChI=1S/C18H16F3IN2O2/c19-18(20,21)13-3-1-2-12(8-13)10-16(25)24-15(17(23)26)9-11-4-6-14(22)7-5-11/h1-8,15H,9-10H2,(H2,23,26)(H,24,25)/t15-/m1/s1. The lowest BCUT2D eigenvalue weighted by molar-refractivity contribution is -0.137. The first-order valence-corrected chi connectivity index (χ1v) is 8.72. The molecule has 0 radical (unpaired) electrons. The van der Waals surface area contributed by atoms with Gasteiger partial charge in [-0.2, -0.15) is 13.2 Å². The highest BCUT2D eigenvalue weighted by Gasteiger charge is 2.30. The molecule has 2 amide bonds. The molecule has 4 nitrogen and oxygen atoms in total. The lowest BCUT2D eigenvalue weighted by atomic mass is 10.0. The first-order valence-electron chi connectivity index (χ1n) is 7.64. The van der Waals surface area contributed by atoms with Gasteiger partial charge in [-0.15, -0.1) is 0 Å². The Kier molecular flexibility index (Phi) is 6.63. The number of nitrogens with one attached hydrogen (secondary N) is 1. The van der Waals surface area contributed by atoms with Gasteiger partial charge in [-0.1, -0.05) is 30.3 Å². The molecule has 0 fully saturated rings. The van der Waals surface area contributed by atoms with Crippen LogP contribution >= 0.6 is 22.6 Å². The van der Waals surface area contributed by atoms with E-state index in [2.05, 4.69) is 27.9 Å². The maximum absolute atomic E-state index is 12.7. The number of carbonyl (C=O) groups excluding carboxylic acids is 2. The predicted molar refractivity (Wildman–Crippen MR) is 99.1 cm³/mol. The largest absolute Gasteiger partial charge is 0.416 e. The van der Waals surface area contributed by atoms with Crippen LogP contribution in [-0.4, -0.2) is 17.9 Å². The van der Waals surface area contributed by atoms with Gasteiger partial charge in [0, 0.05) is 9.99 Å². The summed E-state index contributed by atoms with van der Waals surface area (Å²) in [7, 11) is 0. The molecule has 8 heteroatoms. The summed E-state index contributed by atoms with van der Waals surface area (Å²) in [5.74, 6) is -1.28. The molecular weight excluding hydrogens is 460 g/mol. The number of rotatable bonds is 6. The molecule has 26 heavy (non-hydrogen) atoms. The third-order valence-corrected chi connectivity index (χ3v) is 4.37. The van der Waals surface area contributed by atoms with E-state index >= 15 is 0 Å². The van der Waals surface area contributed by atoms with E-state index in [9.17, 15) is 22.8 Å². The second-order valence-electron chi connectivity index (χ2n) is 5.73. The van der Waals surface area contributed by atoms with Crippen LogP contribution in [0.4, 0.5) is 13.2 Å². The lowest BCUT2D eigenvalue weighted by Gasteiger charge is -2.16. The Morgan fingerprint density at radius 2 is 1.73 bits per heavy atom. The Morgan fingerprint density at radius 3 is 2.31 bits per heavy atom. The van der Waals surface area contributed by atoms with Crippen LogP contribution in [0.15, 0.2) is 48.5 Å². The maximum atomic E-state index is 12.7. The minimum atomic E-state index is -4.48. The van der Waals surface area contributed by atoms with Crippen molar-refractivity contribution in [1.29, 1.82) is 0 Å². The molecule has 0 heterocycles. The number of amides is 2. The number of benzene rings is 2. The molecule has 2 aromatic rings. The van der Waals surface area contributed by atoms with E-state index < -0.39 is 29.6 Å². The molecule has 0 aliphatic carbocycles. The van der Waals surface area contributed by atoms with Gasteiger partial charge in [-0.25, -0.2) is 0 Å². The molecule has 0 bridgehead atoms. The van der Waals surface area contributed by atoms with Gasteiger partial charge in [0.1, 0.15) is 6.04 Å². The topological polar surface area (TPSA) is 72.2 Å². The normalized spacial score (nSPS) is 12.5. The second-order valence-corrected chi connectivity index (χ2v) is 6.97. The van der Waals surface area contributed by atoms with Crippen LogP contribution in [0.2, 0.25) is 0 Å². The molecule has 0 saturated carbocycles. The summed E-state index contributed by atoms with van der Waals surface area (Å²) in [6.45, 7) is 0. The Balaban J connectivity index is 2.04. The van der Waals surface area contributed by atoms with Crippen molar-refractivity contribution in [3.63, 3.8) is 0 Å². The van der Waals surface area contributed by atoms with Crippen molar-refractivity contribution in [3.8, 4) is 0 Å². The fourth-order valence-corrected chi connectivity index (χ4v) is 2.73. The van der Waals surface area contributed by atoms with E-state index in [0.29, 0.717) is 0 Å². The van der Waals surface area contributed by atoms with Gasteiger partial charge in [0.25, 0.3) is 0 Å². The first-order chi connectivity index (χ1) is 12.1. The van der Waals surface area contributed by atoms with Gasteiger partial charge < -0.3 is 11.1 Å². The number of primary amides is 1. The van der Waals surface area contributed by atoms with Crippen molar-refractivity contribution in [3.05, 3.63) is 68.8 Å². The molecule has 138 valence electrons. The number of carbonyl (C=O) groups is 2. The average molecular weight is 476 g/mol. The van der Waals surface area contributed by atoms with Crippen LogP contribution < -0.4 is 11.1 Å². The SMILES string of the molecule is NC(=O)[C@@H](Cc1ccc(I)cc1)NC(=O)Cc1cccc(C(F)(F)F)c1. The van der Waals surface area contributed by atoms with E-state index in [1.165, 1.54) is 12.1 Å². The Bertz CT molecular complexity index is 792. The summed E-state index contributed by atoms with van der Waals surface area (Å²) in [4.78, 5) is 23.7. The molecule has 1 atom stereocenters. The highest BCUT2D eigenvalue weighted by atomic mass is 127. The van der Waals surface area contributed by atoms with E-state index in [4.69, 9.17) is 5.73 Å². The van der Waals surface area contributed by atoms with E-state index in [-0.39, 0.29) is 18.4 Å². The van der Waals surface area contributed by atoms with Crippen LogP contribution in [0.5, 0.6) is 0 Å². The van der Waals surface area contributed by atoms with Crippen LogP contribution in [0.3, 0.4) is 0 Å². The molecule has 0 unspecified atom stereocenters. The minimum Gasteiger partial charge on any atom is -0.368 e. The summed E-state index contributed by atoms with van der Waals surface area (Å²) in [5, 5.41) is 2.49.